The Morgan fingerprint density at radius 1 is 1.33 bits per heavy atom. The number of pyridine rings is 1. The molecule has 0 saturated carbocycles. The highest BCUT2D eigenvalue weighted by atomic mass is 16.4. The van der Waals surface area contributed by atoms with Crippen LogP contribution in [0, 0.1) is 6.92 Å². The molecule has 0 aromatic carbocycles. The molecule has 0 amide bonds. The van der Waals surface area contributed by atoms with E-state index < -0.39 is 5.97 Å². The molecule has 1 N–H and O–H groups in total. The molecule has 0 aliphatic heterocycles. The lowest BCUT2D eigenvalue weighted by molar-refractivity contribution is -0.138. The molecular formula is C13H21N3O2. The average Bonchev–Trinajstić information content (AvgIpc) is 2.28. The van der Waals surface area contributed by atoms with Crippen molar-refractivity contribution in [2.45, 2.75) is 13.5 Å². The van der Waals surface area contributed by atoms with Crippen LogP contribution in [-0.2, 0) is 11.3 Å². The predicted molar refractivity (Wildman–Crippen MR) is 70.4 cm³/mol. The third kappa shape index (κ3) is 5.75. The summed E-state index contributed by atoms with van der Waals surface area (Å²) in [5, 5.41) is 8.90. The molecule has 0 spiro atoms. The lowest BCUT2D eigenvalue weighted by atomic mass is 10.2. The van der Waals surface area contributed by atoms with Gasteiger partial charge in [0, 0.05) is 25.8 Å². The Morgan fingerprint density at radius 3 is 2.56 bits per heavy atom. The number of nitrogens with zero attached hydrogens (tertiary/aromatic N) is 3. The zero-order valence-electron chi connectivity index (χ0n) is 11.3. The van der Waals surface area contributed by atoms with Crippen molar-refractivity contribution in [2.24, 2.45) is 0 Å². The molecule has 0 bridgehead atoms. The topological polar surface area (TPSA) is 56.7 Å². The molecule has 0 unspecified atom stereocenters. The number of hydrogen-bond acceptors (Lipinski definition) is 4. The fraction of sp³-hybridized carbons (Fsp3) is 0.538. The van der Waals surface area contributed by atoms with Gasteiger partial charge < -0.3 is 10.0 Å². The largest absolute Gasteiger partial charge is 0.480 e. The highest BCUT2D eigenvalue weighted by Gasteiger charge is 2.11. The van der Waals surface area contributed by atoms with E-state index in [0.717, 1.165) is 24.3 Å². The van der Waals surface area contributed by atoms with Crippen molar-refractivity contribution in [1.82, 2.24) is 14.8 Å². The van der Waals surface area contributed by atoms with E-state index in [2.05, 4.69) is 4.98 Å². The highest BCUT2D eigenvalue weighted by Crippen LogP contribution is 2.03. The SMILES string of the molecule is Cc1ccc(CN(CCN(C)C)CC(=O)O)nc1. The highest BCUT2D eigenvalue weighted by molar-refractivity contribution is 5.69. The molecule has 0 radical (unpaired) electrons. The zero-order valence-corrected chi connectivity index (χ0v) is 11.3. The van der Waals surface area contributed by atoms with Crippen LogP contribution in [-0.4, -0.2) is 59.6 Å². The Labute approximate surface area is 108 Å². The van der Waals surface area contributed by atoms with Crippen LogP contribution in [0.4, 0.5) is 0 Å². The Morgan fingerprint density at radius 2 is 2.06 bits per heavy atom. The quantitative estimate of drug-likeness (QED) is 0.778. The molecule has 100 valence electrons. The maximum atomic E-state index is 10.8. The van der Waals surface area contributed by atoms with Gasteiger partial charge in [-0.2, -0.15) is 0 Å². The molecule has 1 heterocycles. The van der Waals surface area contributed by atoms with Gasteiger partial charge in [0.1, 0.15) is 0 Å². The van der Waals surface area contributed by atoms with E-state index in [0.29, 0.717) is 6.54 Å². The van der Waals surface area contributed by atoms with Crippen molar-refractivity contribution in [3.05, 3.63) is 29.6 Å². The van der Waals surface area contributed by atoms with Gasteiger partial charge in [-0.3, -0.25) is 14.7 Å². The van der Waals surface area contributed by atoms with E-state index in [-0.39, 0.29) is 6.54 Å². The minimum Gasteiger partial charge on any atom is -0.480 e. The second kappa shape index (κ2) is 7.08. The second-order valence-electron chi connectivity index (χ2n) is 4.73. The monoisotopic (exact) mass is 251 g/mol. The summed E-state index contributed by atoms with van der Waals surface area (Å²) in [5.41, 5.74) is 2.01. The third-order valence-corrected chi connectivity index (χ3v) is 2.58. The van der Waals surface area contributed by atoms with E-state index in [1.54, 1.807) is 6.20 Å². The van der Waals surface area contributed by atoms with Crippen LogP contribution >= 0.6 is 0 Å². The molecule has 18 heavy (non-hydrogen) atoms. The molecule has 0 atom stereocenters. The summed E-state index contributed by atoms with van der Waals surface area (Å²) in [5.74, 6) is -0.805. The minimum absolute atomic E-state index is 0.0450. The fourth-order valence-corrected chi connectivity index (χ4v) is 1.57. The van der Waals surface area contributed by atoms with Gasteiger partial charge in [0.25, 0.3) is 0 Å². The van der Waals surface area contributed by atoms with Crippen LogP contribution in [0.2, 0.25) is 0 Å². The maximum Gasteiger partial charge on any atom is 0.317 e. The first-order valence-electron chi connectivity index (χ1n) is 5.98. The average molecular weight is 251 g/mol. The summed E-state index contributed by atoms with van der Waals surface area (Å²) in [7, 11) is 3.95. The lowest BCUT2D eigenvalue weighted by Crippen LogP contribution is -2.35. The Balaban J connectivity index is 2.59. The second-order valence-corrected chi connectivity index (χ2v) is 4.73. The Hall–Kier alpha value is -1.46. The predicted octanol–water partition coefficient (Wildman–Crippen LogP) is 0.838. The van der Waals surface area contributed by atoms with Crippen molar-refractivity contribution in [2.75, 3.05) is 33.7 Å². The lowest BCUT2D eigenvalue weighted by Gasteiger charge is -2.21. The normalized spacial score (nSPS) is 11.2. The maximum absolute atomic E-state index is 10.8. The first-order chi connectivity index (χ1) is 8.47. The van der Waals surface area contributed by atoms with Crippen molar-refractivity contribution in [3.8, 4) is 0 Å². The van der Waals surface area contributed by atoms with Gasteiger partial charge in [-0.25, -0.2) is 0 Å². The number of aromatic nitrogens is 1. The van der Waals surface area contributed by atoms with Gasteiger partial charge in [0.2, 0.25) is 0 Å². The number of carboxylic acid groups (broad SMARTS) is 1. The number of aryl methyl sites for hydroxylation is 1. The van der Waals surface area contributed by atoms with E-state index >= 15 is 0 Å². The van der Waals surface area contributed by atoms with Crippen molar-refractivity contribution >= 4 is 5.97 Å². The van der Waals surface area contributed by atoms with Crippen LogP contribution in [0.5, 0.6) is 0 Å². The molecular weight excluding hydrogens is 230 g/mol. The van der Waals surface area contributed by atoms with Gasteiger partial charge in [-0.1, -0.05) is 6.07 Å². The third-order valence-electron chi connectivity index (χ3n) is 2.58. The summed E-state index contributed by atoms with van der Waals surface area (Å²) in [4.78, 5) is 19.1. The summed E-state index contributed by atoms with van der Waals surface area (Å²) >= 11 is 0. The van der Waals surface area contributed by atoms with Crippen LogP contribution in [0.15, 0.2) is 18.3 Å². The molecule has 1 aromatic rings. The summed E-state index contributed by atoms with van der Waals surface area (Å²) < 4.78 is 0. The first kappa shape index (κ1) is 14.6. The van der Waals surface area contributed by atoms with E-state index in [1.165, 1.54) is 0 Å². The number of hydrogen-bond donors (Lipinski definition) is 1. The number of carbonyl (C=O) groups is 1. The molecule has 0 fully saturated rings. The molecule has 0 aliphatic carbocycles. The van der Waals surface area contributed by atoms with Crippen molar-refractivity contribution in [3.63, 3.8) is 0 Å². The van der Waals surface area contributed by atoms with E-state index in [4.69, 9.17) is 5.11 Å². The zero-order chi connectivity index (χ0) is 13.5. The molecule has 5 nitrogen and oxygen atoms in total. The molecule has 1 aromatic heterocycles. The summed E-state index contributed by atoms with van der Waals surface area (Å²) in [6, 6.07) is 3.94. The van der Waals surface area contributed by atoms with Crippen molar-refractivity contribution < 1.29 is 9.90 Å². The number of rotatable bonds is 7. The molecule has 0 aliphatic rings. The van der Waals surface area contributed by atoms with E-state index in [1.807, 2.05) is 43.0 Å². The van der Waals surface area contributed by atoms with Gasteiger partial charge in [0.15, 0.2) is 0 Å². The van der Waals surface area contributed by atoms with Crippen LogP contribution < -0.4 is 0 Å². The van der Waals surface area contributed by atoms with Gasteiger partial charge >= 0.3 is 5.97 Å². The number of likely N-dealkylation sites (N-methyl/N-ethyl adjacent to an activating group) is 1. The Bertz CT molecular complexity index is 376. The molecule has 5 heteroatoms. The van der Waals surface area contributed by atoms with Gasteiger partial charge in [0.05, 0.1) is 12.2 Å². The number of aliphatic carboxylic acids is 1. The van der Waals surface area contributed by atoms with Crippen LogP contribution in [0.25, 0.3) is 0 Å². The van der Waals surface area contributed by atoms with Crippen LogP contribution in [0.3, 0.4) is 0 Å². The molecule has 1 rings (SSSR count). The summed E-state index contributed by atoms with van der Waals surface area (Å²) in [6.07, 6.45) is 1.81. The first-order valence-corrected chi connectivity index (χ1v) is 5.98. The van der Waals surface area contributed by atoms with Gasteiger partial charge in [-0.05, 0) is 32.6 Å². The smallest absolute Gasteiger partial charge is 0.317 e. The summed E-state index contributed by atoms with van der Waals surface area (Å²) in [6.45, 7) is 4.15. The van der Waals surface area contributed by atoms with Crippen LogP contribution in [0.1, 0.15) is 11.3 Å². The Kier molecular flexibility index (Phi) is 5.74. The molecule has 0 saturated heterocycles. The minimum atomic E-state index is -0.805. The van der Waals surface area contributed by atoms with Gasteiger partial charge in [-0.15, -0.1) is 0 Å². The van der Waals surface area contributed by atoms with E-state index in [9.17, 15) is 4.79 Å². The standard InChI is InChI=1S/C13H21N3O2/c1-11-4-5-12(14-8-11)9-16(10-13(17)18)7-6-15(2)3/h4-5,8H,6-7,9-10H2,1-3H3,(H,17,18). The van der Waals surface area contributed by atoms with Crippen molar-refractivity contribution in [1.29, 1.82) is 0 Å². The fourth-order valence-electron chi connectivity index (χ4n) is 1.57. The number of carboxylic acids is 1.